The van der Waals surface area contributed by atoms with Crippen LogP contribution in [0.2, 0.25) is 0 Å². The minimum absolute atomic E-state index is 0.296. The Bertz CT molecular complexity index is 401. The highest BCUT2D eigenvalue weighted by atomic mass is 79.9. The number of hydrogen-bond acceptors (Lipinski definition) is 3. The van der Waals surface area contributed by atoms with Gasteiger partial charge in [0.05, 0.1) is 12.2 Å². The molecule has 3 nitrogen and oxygen atoms in total. The van der Waals surface area contributed by atoms with Crippen LogP contribution >= 0.6 is 15.9 Å². The zero-order chi connectivity index (χ0) is 13.1. The molecule has 2 rings (SSSR count). The van der Waals surface area contributed by atoms with Crippen LogP contribution in [0.1, 0.15) is 19.4 Å². The lowest BCUT2D eigenvalue weighted by Crippen LogP contribution is -2.45. The third-order valence-electron chi connectivity index (χ3n) is 3.19. The first kappa shape index (κ1) is 13.8. The van der Waals surface area contributed by atoms with Gasteiger partial charge in [-0.1, -0.05) is 22.0 Å². The van der Waals surface area contributed by atoms with Gasteiger partial charge in [-0.25, -0.2) is 0 Å². The van der Waals surface area contributed by atoms with E-state index in [9.17, 15) is 0 Å². The van der Waals surface area contributed by atoms with Gasteiger partial charge in [0.2, 0.25) is 0 Å². The van der Waals surface area contributed by atoms with E-state index in [1.54, 1.807) is 0 Å². The van der Waals surface area contributed by atoms with Gasteiger partial charge in [-0.2, -0.15) is 0 Å². The van der Waals surface area contributed by atoms with Crippen molar-refractivity contribution in [3.63, 3.8) is 0 Å². The molecule has 0 spiro atoms. The lowest BCUT2D eigenvalue weighted by molar-refractivity contribution is -0.00521. The van der Waals surface area contributed by atoms with Crippen LogP contribution in [0.15, 0.2) is 22.7 Å². The molecule has 0 radical (unpaired) electrons. The molecule has 0 aromatic heterocycles. The quantitative estimate of drug-likeness (QED) is 0.929. The molecule has 0 unspecified atom stereocenters. The summed E-state index contributed by atoms with van der Waals surface area (Å²) in [6, 6.07) is 6.58. The Labute approximate surface area is 118 Å². The molecule has 100 valence electrons. The van der Waals surface area contributed by atoms with E-state index in [0.29, 0.717) is 12.2 Å². The Kier molecular flexibility index (Phi) is 4.65. The van der Waals surface area contributed by atoms with E-state index in [4.69, 9.17) is 4.74 Å². The normalized spacial score (nSPS) is 24.3. The first-order valence-electron chi connectivity index (χ1n) is 6.43. The number of nitrogens with zero attached hydrogens (tertiary/aromatic N) is 1. The maximum Gasteiger partial charge on any atom is 0.0726 e. The van der Waals surface area contributed by atoms with E-state index in [-0.39, 0.29) is 0 Å². The van der Waals surface area contributed by atoms with Crippen LogP contribution in [-0.2, 0) is 11.3 Å². The first-order valence-corrected chi connectivity index (χ1v) is 7.23. The van der Waals surface area contributed by atoms with Crippen LogP contribution in [0.25, 0.3) is 0 Å². The Balaban J connectivity index is 2.15. The monoisotopic (exact) mass is 312 g/mol. The number of nitrogens with one attached hydrogen (secondary N) is 1. The zero-order valence-electron chi connectivity index (χ0n) is 11.2. The van der Waals surface area contributed by atoms with Crippen molar-refractivity contribution in [2.24, 2.45) is 0 Å². The van der Waals surface area contributed by atoms with Crippen molar-refractivity contribution in [2.45, 2.75) is 32.6 Å². The summed E-state index contributed by atoms with van der Waals surface area (Å²) < 4.78 is 6.93. The molecule has 0 aliphatic carbocycles. The molecule has 1 heterocycles. The highest BCUT2D eigenvalue weighted by Crippen LogP contribution is 2.26. The summed E-state index contributed by atoms with van der Waals surface area (Å²) in [5, 5.41) is 3.17. The van der Waals surface area contributed by atoms with Gasteiger partial charge in [0.25, 0.3) is 0 Å². The van der Waals surface area contributed by atoms with E-state index in [1.807, 2.05) is 7.05 Å². The topological polar surface area (TPSA) is 24.5 Å². The number of anilines is 1. The maximum atomic E-state index is 5.77. The van der Waals surface area contributed by atoms with Gasteiger partial charge in [-0.05, 0) is 38.6 Å². The van der Waals surface area contributed by atoms with E-state index in [0.717, 1.165) is 19.6 Å². The Morgan fingerprint density at radius 3 is 2.56 bits per heavy atom. The fourth-order valence-corrected chi connectivity index (χ4v) is 2.96. The summed E-state index contributed by atoms with van der Waals surface area (Å²) in [6.45, 7) is 7.07. The van der Waals surface area contributed by atoms with Crippen molar-refractivity contribution in [3.05, 3.63) is 28.2 Å². The zero-order valence-corrected chi connectivity index (χ0v) is 12.8. The molecule has 2 atom stereocenters. The second-order valence-electron chi connectivity index (χ2n) is 4.97. The van der Waals surface area contributed by atoms with Crippen molar-refractivity contribution < 1.29 is 4.74 Å². The van der Waals surface area contributed by atoms with E-state index >= 15 is 0 Å². The van der Waals surface area contributed by atoms with Crippen molar-refractivity contribution >= 4 is 21.6 Å². The summed E-state index contributed by atoms with van der Waals surface area (Å²) in [7, 11) is 1.96. The Morgan fingerprint density at radius 1 is 1.33 bits per heavy atom. The molecule has 1 aliphatic rings. The smallest absolute Gasteiger partial charge is 0.0726 e. The minimum atomic E-state index is 0.296. The van der Waals surface area contributed by atoms with Crippen LogP contribution in [0.5, 0.6) is 0 Å². The Hall–Kier alpha value is -0.580. The summed E-state index contributed by atoms with van der Waals surface area (Å²) in [5.41, 5.74) is 2.55. The fraction of sp³-hybridized carbons (Fsp3) is 0.571. The number of benzene rings is 1. The van der Waals surface area contributed by atoms with Crippen molar-refractivity contribution in [1.82, 2.24) is 5.32 Å². The molecule has 1 N–H and O–H groups in total. The third-order valence-corrected chi connectivity index (χ3v) is 3.93. The van der Waals surface area contributed by atoms with Gasteiger partial charge in [0.15, 0.2) is 0 Å². The molecule has 0 bridgehead atoms. The van der Waals surface area contributed by atoms with Gasteiger partial charge < -0.3 is 15.0 Å². The molecule has 1 saturated heterocycles. The number of hydrogen-bond donors (Lipinski definition) is 1. The van der Waals surface area contributed by atoms with E-state index in [1.165, 1.54) is 15.7 Å². The summed E-state index contributed by atoms with van der Waals surface area (Å²) in [5.74, 6) is 0. The van der Waals surface area contributed by atoms with Crippen molar-refractivity contribution in [1.29, 1.82) is 0 Å². The number of morpholine rings is 1. The molecular formula is C14H21BrN2O. The predicted octanol–water partition coefficient (Wildman–Crippen LogP) is 2.78. The summed E-state index contributed by atoms with van der Waals surface area (Å²) in [4.78, 5) is 2.40. The molecule has 4 heteroatoms. The van der Waals surface area contributed by atoms with Crippen LogP contribution < -0.4 is 10.2 Å². The van der Waals surface area contributed by atoms with Gasteiger partial charge in [-0.3, -0.25) is 0 Å². The second-order valence-corrected chi connectivity index (χ2v) is 5.82. The highest BCUT2D eigenvalue weighted by Gasteiger charge is 2.22. The van der Waals surface area contributed by atoms with E-state index < -0.39 is 0 Å². The first-order chi connectivity index (χ1) is 8.60. The van der Waals surface area contributed by atoms with Gasteiger partial charge in [0, 0.05) is 29.8 Å². The lowest BCUT2D eigenvalue weighted by atomic mass is 10.1. The predicted molar refractivity (Wildman–Crippen MR) is 79.1 cm³/mol. The van der Waals surface area contributed by atoms with Gasteiger partial charge in [0.1, 0.15) is 0 Å². The molecule has 1 fully saturated rings. The SMILES string of the molecule is CNCc1ccc(N2C[C@@H](C)O[C@@H](C)C2)cc1Br. The highest BCUT2D eigenvalue weighted by molar-refractivity contribution is 9.10. The van der Waals surface area contributed by atoms with Gasteiger partial charge in [-0.15, -0.1) is 0 Å². The molecule has 0 amide bonds. The number of ether oxygens (including phenoxy) is 1. The minimum Gasteiger partial charge on any atom is -0.372 e. The van der Waals surface area contributed by atoms with Crippen molar-refractivity contribution in [2.75, 3.05) is 25.0 Å². The number of rotatable bonds is 3. The fourth-order valence-electron chi connectivity index (χ4n) is 2.46. The van der Waals surface area contributed by atoms with Crippen LogP contribution in [0.3, 0.4) is 0 Å². The summed E-state index contributed by atoms with van der Waals surface area (Å²) >= 11 is 3.65. The standard InChI is InChI=1S/C14H21BrN2O/c1-10-8-17(9-11(2)18-10)13-5-4-12(7-16-3)14(15)6-13/h4-6,10-11,16H,7-9H2,1-3H3/t10-,11+. The largest absolute Gasteiger partial charge is 0.372 e. The van der Waals surface area contributed by atoms with Crippen LogP contribution in [0.4, 0.5) is 5.69 Å². The molecule has 1 aromatic rings. The summed E-state index contributed by atoms with van der Waals surface area (Å²) in [6.07, 6.45) is 0.592. The van der Waals surface area contributed by atoms with E-state index in [2.05, 4.69) is 58.2 Å². The van der Waals surface area contributed by atoms with Crippen LogP contribution in [-0.4, -0.2) is 32.3 Å². The van der Waals surface area contributed by atoms with Crippen LogP contribution in [0, 0.1) is 0 Å². The van der Waals surface area contributed by atoms with Crippen molar-refractivity contribution in [3.8, 4) is 0 Å². The maximum absolute atomic E-state index is 5.77. The molecular weight excluding hydrogens is 292 g/mol. The second kappa shape index (κ2) is 6.04. The van der Waals surface area contributed by atoms with Gasteiger partial charge >= 0.3 is 0 Å². The molecule has 0 saturated carbocycles. The average molecular weight is 313 g/mol. The molecule has 1 aromatic carbocycles. The molecule has 18 heavy (non-hydrogen) atoms. The molecule has 1 aliphatic heterocycles. The lowest BCUT2D eigenvalue weighted by Gasteiger charge is -2.37. The average Bonchev–Trinajstić information content (AvgIpc) is 2.30. The third kappa shape index (κ3) is 3.25. The number of halogens is 1. The Morgan fingerprint density at radius 2 is 2.00 bits per heavy atom.